The molecule has 1 fully saturated rings. The molecule has 3 heterocycles. The second-order valence-corrected chi connectivity index (χ2v) is 5.57. The summed E-state index contributed by atoms with van der Waals surface area (Å²) in [6.45, 7) is 4.08. The van der Waals surface area contributed by atoms with E-state index in [1.807, 2.05) is 19.2 Å². The lowest BCUT2D eigenvalue weighted by Gasteiger charge is -2.32. The van der Waals surface area contributed by atoms with Crippen LogP contribution in [-0.4, -0.2) is 39.1 Å². The van der Waals surface area contributed by atoms with Crippen molar-refractivity contribution in [3.05, 3.63) is 17.8 Å². The Kier molecular flexibility index (Phi) is 3.14. The van der Waals surface area contributed by atoms with E-state index in [-0.39, 0.29) is 0 Å². The first-order valence-electron chi connectivity index (χ1n) is 6.94. The Labute approximate surface area is 113 Å². The molecule has 102 valence electrons. The van der Waals surface area contributed by atoms with Crippen molar-refractivity contribution in [2.24, 2.45) is 0 Å². The summed E-state index contributed by atoms with van der Waals surface area (Å²) in [7, 11) is 2.19. The lowest BCUT2D eigenvalue weighted by molar-refractivity contribution is 0.169. The zero-order chi connectivity index (χ0) is 13.4. The number of nitrogens with zero attached hydrogens (tertiary/aromatic N) is 4. The van der Waals surface area contributed by atoms with Crippen LogP contribution in [0.15, 0.2) is 12.3 Å². The number of pyridine rings is 1. The summed E-state index contributed by atoms with van der Waals surface area (Å²) >= 11 is 0. The van der Waals surface area contributed by atoms with Gasteiger partial charge in [0.2, 0.25) is 5.95 Å². The molecule has 1 unspecified atom stereocenters. The number of aromatic nitrogens is 3. The number of anilines is 1. The summed E-state index contributed by atoms with van der Waals surface area (Å²) in [5.74, 6) is 0.576. The minimum atomic E-state index is 0.538. The Bertz CT molecular complexity index is 589. The number of nitrogen functional groups attached to an aromatic ring is 1. The second kappa shape index (κ2) is 4.81. The molecule has 2 aromatic rings. The topological polar surface area (TPSA) is 60.0 Å². The predicted molar refractivity (Wildman–Crippen MR) is 76.9 cm³/mol. The highest BCUT2D eigenvalue weighted by Crippen LogP contribution is 2.21. The molecule has 1 atom stereocenters. The first-order chi connectivity index (χ1) is 9.15. The first kappa shape index (κ1) is 12.4. The largest absolute Gasteiger partial charge is 0.369 e. The van der Waals surface area contributed by atoms with Gasteiger partial charge in [-0.15, -0.1) is 0 Å². The third-order valence-electron chi connectivity index (χ3n) is 4.07. The Balaban J connectivity index is 1.93. The van der Waals surface area contributed by atoms with Gasteiger partial charge in [-0.05, 0) is 45.0 Å². The van der Waals surface area contributed by atoms with Crippen molar-refractivity contribution < 1.29 is 0 Å². The minimum Gasteiger partial charge on any atom is -0.369 e. The molecule has 0 radical (unpaired) electrons. The predicted octanol–water partition coefficient (Wildman–Crippen LogP) is 1.81. The van der Waals surface area contributed by atoms with Crippen molar-refractivity contribution >= 4 is 17.1 Å². The van der Waals surface area contributed by atoms with Gasteiger partial charge in [0.15, 0.2) is 5.65 Å². The van der Waals surface area contributed by atoms with E-state index >= 15 is 0 Å². The fraction of sp³-hybridized carbons (Fsp3) is 0.571. The van der Waals surface area contributed by atoms with Gasteiger partial charge in [0.05, 0.1) is 0 Å². The molecule has 1 aliphatic rings. The van der Waals surface area contributed by atoms with Crippen LogP contribution in [0.25, 0.3) is 11.2 Å². The van der Waals surface area contributed by atoms with Crippen LogP contribution in [0.4, 0.5) is 5.95 Å². The van der Waals surface area contributed by atoms with Crippen LogP contribution in [0.1, 0.15) is 24.8 Å². The van der Waals surface area contributed by atoms with Crippen LogP contribution in [0.2, 0.25) is 0 Å². The standard InChI is InChI=1S/C14H21N5/c1-10-7-12-13(16-8-10)19(14(15)17-12)9-11-5-3-4-6-18(11)2/h7-8,11H,3-6,9H2,1-2H3,(H2,15,17). The summed E-state index contributed by atoms with van der Waals surface area (Å²) in [4.78, 5) is 11.3. The molecule has 1 saturated heterocycles. The van der Waals surface area contributed by atoms with Crippen LogP contribution in [0.5, 0.6) is 0 Å². The fourth-order valence-corrected chi connectivity index (χ4v) is 2.89. The van der Waals surface area contributed by atoms with Crippen molar-refractivity contribution in [1.82, 2.24) is 19.4 Å². The van der Waals surface area contributed by atoms with Gasteiger partial charge in [-0.1, -0.05) is 6.42 Å². The zero-order valence-electron chi connectivity index (χ0n) is 11.6. The fourth-order valence-electron chi connectivity index (χ4n) is 2.89. The van der Waals surface area contributed by atoms with Gasteiger partial charge in [0, 0.05) is 18.8 Å². The number of aryl methyl sites for hydroxylation is 1. The summed E-state index contributed by atoms with van der Waals surface area (Å²) < 4.78 is 2.06. The Morgan fingerprint density at radius 3 is 3.05 bits per heavy atom. The van der Waals surface area contributed by atoms with E-state index in [0.29, 0.717) is 12.0 Å². The van der Waals surface area contributed by atoms with Crippen molar-refractivity contribution in [2.45, 2.75) is 38.8 Å². The number of piperidine rings is 1. The molecule has 0 amide bonds. The van der Waals surface area contributed by atoms with Gasteiger partial charge in [0.1, 0.15) is 5.52 Å². The molecule has 0 saturated carbocycles. The number of nitrogens with two attached hydrogens (primary N) is 1. The van der Waals surface area contributed by atoms with Gasteiger partial charge in [-0.25, -0.2) is 9.97 Å². The van der Waals surface area contributed by atoms with E-state index in [9.17, 15) is 0 Å². The van der Waals surface area contributed by atoms with Crippen molar-refractivity contribution in [2.75, 3.05) is 19.3 Å². The molecule has 19 heavy (non-hydrogen) atoms. The lowest BCUT2D eigenvalue weighted by atomic mass is 10.0. The van der Waals surface area contributed by atoms with E-state index < -0.39 is 0 Å². The first-order valence-corrected chi connectivity index (χ1v) is 6.94. The van der Waals surface area contributed by atoms with Crippen molar-refractivity contribution in [1.29, 1.82) is 0 Å². The number of likely N-dealkylation sites (N-methyl/N-ethyl adjacent to an activating group) is 1. The van der Waals surface area contributed by atoms with Gasteiger partial charge in [0.25, 0.3) is 0 Å². The van der Waals surface area contributed by atoms with Gasteiger partial charge < -0.3 is 10.6 Å². The molecule has 0 aromatic carbocycles. The van der Waals surface area contributed by atoms with E-state index in [0.717, 1.165) is 23.3 Å². The highest BCUT2D eigenvalue weighted by atomic mass is 15.2. The third-order valence-corrected chi connectivity index (χ3v) is 4.07. The number of hydrogen-bond donors (Lipinski definition) is 1. The molecular weight excluding hydrogens is 238 g/mol. The Morgan fingerprint density at radius 2 is 2.26 bits per heavy atom. The van der Waals surface area contributed by atoms with E-state index in [1.165, 1.54) is 25.8 Å². The maximum absolute atomic E-state index is 6.06. The number of rotatable bonds is 2. The highest BCUT2D eigenvalue weighted by molar-refractivity contribution is 5.74. The SMILES string of the molecule is Cc1cnc2c(c1)nc(N)n2CC1CCCCN1C. The maximum atomic E-state index is 6.06. The lowest BCUT2D eigenvalue weighted by Crippen LogP contribution is -2.39. The normalized spacial score (nSPS) is 21.1. The highest BCUT2D eigenvalue weighted by Gasteiger charge is 2.21. The van der Waals surface area contributed by atoms with Gasteiger partial charge >= 0.3 is 0 Å². The van der Waals surface area contributed by atoms with Crippen molar-refractivity contribution in [3.63, 3.8) is 0 Å². The molecule has 0 aliphatic carbocycles. The van der Waals surface area contributed by atoms with E-state index in [1.54, 1.807) is 0 Å². The summed E-state index contributed by atoms with van der Waals surface area (Å²) in [5.41, 5.74) is 8.98. The van der Waals surface area contributed by atoms with E-state index in [2.05, 4.69) is 26.5 Å². The second-order valence-electron chi connectivity index (χ2n) is 5.57. The molecule has 0 bridgehead atoms. The Morgan fingerprint density at radius 1 is 1.42 bits per heavy atom. The molecule has 5 nitrogen and oxygen atoms in total. The van der Waals surface area contributed by atoms with Gasteiger partial charge in [-0.2, -0.15) is 0 Å². The van der Waals surface area contributed by atoms with Crippen LogP contribution in [-0.2, 0) is 6.54 Å². The van der Waals surface area contributed by atoms with E-state index in [4.69, 9.17) is 5.73 Å². The average molecular weight is 259 g/mol. The van der Waals surface area contributed by atoms with Crippen LogP contribution in [0.3, 0.4) is 0 Å². The molecule has 5 heteroatoms. The molecule has 1 aliphatic heterocycles. The van der Waals surface area contributed by atoms with Gasteiger partial charge in [-0.3, -0.25) is 4.57 Å². The smallest absolute Gasteiger partial charge is 0.202 e. The Hall–Kier alpha value is -1.62. The molecule has 3 rings (SSSR count). The minimum absolute atomic E-state index is 0.538. The third kappa shape index (κ3) is 2.30. The molecule has 0 spiro atoms. The molecule has 2 N–H and O–H groups in total. The number of likely N-dealkylation sites (tertiary alicyclic amines) is 1. The van der Waals surface area contributed by atoms with Crippen molar-refractivity contribution in [3.8, 4) is 0 Å². The average Bonchev–Trinajstić information content (AvgIpc) is 2.68. The maximum Gasteiger partial charge on any atom is 0.202 e. The number of imidazole rings is 1. The molecule has 2 aromatic heterocycles. The number of fused-ring (bicyclic) bond motifs is 1. The summed E-state index contributed by atoms with van der Waals surface area (Å²) in [6.07, 6.45) is 5.70. The summed E-state index contributed by atoms with van der Waals surface area (Å²) in [6, 6.07) is 2.58. The monoisotopic (exact) mass is 259 g/mol. The summed E-state index contributed by atoms with van der Waals surface area (Å²) in [5, 5.41) is 0. The van der Waals surface area contributed by atoms with Crippen LogP contribution >= 0.6 is 0 Å². The molecular formula is C14H21N5. The zero-order valence-corrected chi connectivity index (χ0v) is 11.6. The van der Waals surface area contributed by atoms with Crippen LogP contribution < -0.4 is 5.73 Å². The number of hydrogen-bond acceptors (Lipinski definition) is 4. The quantitative estimate of drug-likeness (QED) is 0.893. The van der Waals surface area contributed by atoms with Crippen LogP contribution in [0, 0.1) is 6.92 Å².